The number of epoxide rings is 1. The highest BCUT2D eigenvalue weighted by atomic mass is 16.8. The smallest absolute Gasteiger partial charge is 0.223 e. The van der Waals surface area contributed by atoms with E-state index in [-0.39, 0.29) is 11.7 Å². The predicted octanol–water partition coefficient (Wildman–Crippen LogP) is 4.54. The summed E-state index contributed by atoms with van der Waals surface area (Å²) >= 11 is 0. The Hall–Kier alpha value is -2.00. The van der Waals surface area contributed by atoms with E-state index >= 15 is 0 Å². The number of benzene rings is 2. The van der Waals surface area contributed by atoms with Crippen LogP contribution >= 0.6 is 0 Å². The molecule has 0 spiro atoms. The number of ether oxygens (including phenoxy) is 3. The van der Waals surface area contributed by atoms with E-state index in [0.29, 0.717) is 6.61 Å². The highest BCUT2D eigenvalue weighted by Gasteiger charge is 2.26. The van der Waals surface area contributed by atoms with Crippen molar-refractivity contribution in [2.45, 2.75) is 38.9 Å². The first-order chi connectivity index (χ1) is 11.1. The maximum atomic E-state index is 5.66. The summed E-state index contributed by atoms with van der Waals surface area (Å²) in [5.74, 6) is 1.79. The molecule has 3 nitrogen and oxygen atoms in total. The fourth-order valence-electron chi connectivity index (χ4n) is 2.56. The van der Waals surface area contributed by atoms with E-state index in [0.717, 1.165) is 24.5 Å². The van der Waals surface area contributed by atoms with Gasteiger partial charge in [-0.15, -0.1) is 0 Å². The van der Waals surface area contributed by atoms with Gasteiger partial charge in [0.15, 0.2) is 0 Å². The Balaban J connectivity index is 1.73. The third-order valence-corrected chi connectivity index (χ3v) is 4.20. The maximum absolute atomic E-state index is 5.66. The Labute approximate surface area is 138 Å². The molecule has 23 heavy (non-hydrogen) atoms. The highest BCUT2D eigenvalue weighted by molar-refractivity contribution is 5.41. The van der Waals surface area contributed by atoms with Gasteiger partial charge in [-0.3, -0.25) is 0 Å². The minimum atomic E-state index is -0.0715. The topological polar surface area (TPSA) is 31.0 Å². The largest absolute Gasteiger partial charge is 0.494 e. The number of hydrogen-bond acceptors (Lipinski definition) is 3. The zero-order valence-electron chi connectivity index (χ0n) is 14.0. The van der Waals surface area contributed by atoms with Gasteiger partial charge in [-0.25, -0.2) is 0 Å². The molecule has 0 saturated carbocycles. The summed E-state index contributed by atoms with van der Waals surface area (Å²) in [5.41, 5.74) is 2.45. The minimum Gasteiger partial charge on any atom is -0.494 e. The van der Waals surface area contributed by atoms with Crippen LogP contribution in [0, 0.1) is 0 Å². The monoisotopic (exact) mass is 312 g/mol. The SMILES string of the molecule is CCCOc1ccc(C(C)(C)c2ccc(OC3CO3)cc2)cc1. The van der Waals surface area contributed by atoms with Gasteiger partial charge in [-0.1, -0.05) is 45.0 Å². The molecule has 0 amide bonds. The lowest BCUT2D eigenvalue weighted by atomic mass is 9.78. The van der Waals surface area contributed by atoms with Crippen LogP contribution in [0.3, 0.4) is 0 Å². The third-order valence-electron chi connectivity index (χ3n) is 4.20. The van der Waals surface area contributed by atoms with Crippen LogP contribution < -0.4 is 9.47 Å². The van der Waals surface area contributed by atoms with E-state index in [1.807, 2.05) is 12.1 Å². The molecule has 0 bridgehead atoms. The summed E-state index contributed by atoms with van der Waals surface area (Å²) < 4.78 is 16.4. The lowest BCUT2D eigenvalue weighted by Gasteiger charge is -2.26. The van der Waals surface area contributed by atoms with Gasteiger partial charge in [0.1, 0.15) is 18.1 Å². The highest BCUT2D eigenvalue weighted by Crippen LogP contribution is 2.33. The van der Waals surface area contributed by atoms with Gasteiger partial charge in [0.05, 0.1) is 6.61 Å². The molecule has 0 aliphatic carbocycles. The molecule has 1 heterocycles. The predicted molar refractivity (Wildman–Crippen MR) is 91.2 cm³/mol. The fraction of sp³-hybridized carbons (Fsp3) is 0.400. The Kier molecular flexibility index (Phi) is 4.58. The molecule has 0 radical (unpaired) electrons. The molecular weight excluding hydrogens is 288 g/mol. The lowest BCUT2D eigenvalue weighted by Crippen LogP contribution is -2.18. The Morgan fingerprint density at radius 2 is 1.48 bits per heavy atom. The molecule has 2 aromatic rings. The van der Waals surface area contributed by atoms with Crippen molar-refractivity contribution in [1.82, 2.24) is 0 Å². The number of hydrogen-bond donors (Lipinski definition) is 0. The fourth-order valence-corrected chi connectivity index (χ4v) is 2.56. The zero-order valence-corrected chi connectivity index (χ0v) is 14.0. The Morgan fingerprint density at radius 3 is 1.96 bits per heavy atom. The molecule has 1 atom stereocenters. The Bertz CT molecular complexity index is 625. The van der Waals surface area contributed by atoms with Gasteiger partial charge in [0.2, 0.25) is 6.29 Å². The molecule has 0 N–H and O–H groups in total. The standard InChI is InChI=1S/C20H24O3/c1-4-13-21-17-9-5-15(6-10-17)20(2,3)16-7-11-18(12-8-16)23-19-14-22-19/h5-12,19H,4,13-14H2,1-3H3. The van der Waals surface area contributed by atoms with Gasteiger partial charge >= 0.3 is 0 Å². The van der Waals surface area contributed by atoms with E-state index in [4.69, 9.17) is 14.2 Å². The van der Waals surface area contributed by atoms with Crippen molar-refractivity contribution in [3.63, 3.8) is 0 Å². The molecule has 1 aliphatic heterocycles. The van der Waals surface area contributed by atoms with Crippen molar-refractivity contribution in [3.8, 4) is 11.5 Å². The number of rotatable bonds is 7. The summed E-state index contributed by atoms with van der Waals surface area (Å²) in [5, 5.41) is 0. The van der Waals surface area contributed by atoms with E-state index in [9.17, 15) is 0 Å². The summed E-state index contributed by atoms with van der Waals surface area (Å²) in [6.45, 7) is 8.03. The van der Waals surface area contributed by atoms with Gasteiger partial charge in [-0.05, 0) is 41.8 Å². The first-order valence-corrected chi connectivity index (χ1v) is 8.22. The van der Waals surface area contributed by atoms with Crippen molar-refractivity contribution in [1.29, 1.82) is 0 Å². The molecular formula is C20H24O3. The van der Waals surface area contributed by atoms with Crippen LogP contribution in [-0.2, 0) is 10.2 Å². The van der Waals surface area contributed by atoms with Crippen molar-refractivity contribution in [3.05, 3.63) is 59.7 Å². The van der Waals surface area contributed by atoms with Gasteiger partial charge < -0.3 is 14.2 Å². The minimum absolute atomic E-state index is 0.0514. The zero-order chi connectivity index (χ0) is 16.3. The molecule has 0 aromatic heterocycles. The van der Waals surface area contributed by atoms with Crippen LogP contribution in [0.4, 0.5) is 0 Å². The normalized spacial score (nSPS) is 16.9. The average Bonchev–Trinajstić information content (AvgIpc) is 3.38. The van der Waals surface area contributed by atoms with E-state index in [1.54, 1.807) is 0 Å². The average molecular weight is 312 g/mol. The second-order valence-corrected chi connectivity index (χ2v) is 6.40. The van der Waals surface area contributed by atoms with Crippen molar-refractivity contribution >= 4 is 0 Å². The molecule has 122 valence electrons. The first kappa shape index (κ1) is 15.9. The third kappa shape index (κ3) is 3.85. The molecule has 1 unspecified atom stereocenters. The van der Waals surface area contributed by atoms with Crippen molar-refractivity contribution < 1.29 is 14.2 Å². The van der Waals surface area contributed by atoms with Crippen LogP contribution in [0.1, 0.15) is 38.3 Å². The summed E-state index contributed by atoms with van der Waals surface area (Å²) in [4.78, 5) is 0. The van der Waals surface area contributed by atoms with Gasteiger partial charge in [-0.2, -0.15) is 0 Å². The summed E-state index contributed by atoms with van der Waals surface area (Å²) in [6, 6.07) is 16.7. The van der Waals surface area contributed by atoms with E-state index in [2.05, 4.69) is 57.2 Å². The van der Waals surface area contributed by atoms with Gasteiger partial charge in [0.25, 0.3) is 0 Å². The summed E-state index contributed by atoms with van der Waals surface area (Å²) in [6.07, 6.45) is 0.970. The second-order valence-electron chi connectivity index (χ2n) is 6.40. The maximum Gasteiger partial charge on any atom is 0.223 e. The van der Waals surface area contributed by atoms with E-state index in [1.165, 1.54) is 11.1 Å². The molecule has 2 aromatic carbocycles. The molecule has 3 heteroatoms. The molecule has 1 saturated heterocycles. The molecule has 1 aliphatic rings. The summed E-state index contributed by atoms with van der Waals surface area (Å²) in [7, 11) is 0. The van der Waals surface area contributed by atoms with Crippen LogP contribution in [0.25, 0.3) is 0 Å². The molecule has 3 rings (SSSR count). The first-order valence-electron chi connectivity index (χ1n) is 8.22. The van der Waals surface area contributed by atoms with Crippen LogP contribution in [0.2, 0.25) is 0 Å². The lowest BCUT2D eigenvalue weighted by molar-refractivity contribution is 0.179. The van der Waals surface area contributed by atoms with Crippen molar-refractivity contribution in [2.75, 3.05) is 13.2 Å². The van der Waals surface area contributed by atoms with E-state index < -0.39 is 0 Å². The molecule has 1 fully saturated rings. The Morgan fingerprint density at radius 1 is 0.957 bits per heavy atom. The van der Waals surface area contributed by atoms with Gasteiger partial charge in [0, 0.05) is 5.41 Å². The van der Waals surface area contributed by atoms with Crippen LogP contribution in [-0.4, -0.2) is 19.5 Å². The van der Waals surface area contributed by atoms with Crippen LogP contribution in [0.15, 0.2) is 48.5 Å². The quantitative estimate of drug-likeness (QED) is 0.703. The van der Waals surface area contributed by atoms with Crippen molar-refractivity contribution in [2.24, 2.45) is 0 Å². The van der Waals surface area contributed by atoms with Crippen LogP contribution in [0.5, 0.6) is 11.5 Å². The second kappa shape index (κ2) is 6.63.